The topological polar surface area (TPSA) is 8.17 Å². The molecular weight excluding hydrogens is 857 g/mol. The number of hydrogen-bond donors (Lipinski definition) is 0. The number of fused-ring (bicyclic) bond motifs is 6. The molecule has 0 spiro atoms. The van der Waals surface area contributed by atoms with Gasteiger partial charge in [-0.05, 0) is 162 Å². The first-order valence-electron chi connectivity index (χ1n) is 27.4. The molecule has 1 aliphatic rings. The van der Waals surface area contributed by atoms with Crippen molar-refractivity contribution in [1.29, 1.82) is 0 Å². The summed E-state index contributed by atoms with van der Waals surface area (Å²) in [6.45, 7) is 11.4. The zero-order chi connectivity index (χ0) is 48.7. The molecule has 0 saturated heterocycles. The van der Waals surface area contributed by atoms with Crippen molar-refractivity contribution in [3.05, 3.63) is 204 Å². The summed E-state index contributed by atoms with van der Waals surface area (Å²) < 4.78 is 2.44. The second kappa shape index (κ2) is 21.8. The van der Waals surface area contributed by atoms with Crippen molar-refractivity contribution >= 4 is 38.9 Å². The second-order valence-corrected chi connectivity index (χ2v) is 20.8. The molecule has 0 aliphatic heterocycles. The first-order chi connectivity index (χ1) is 34.9. The molecule has 1 heterocycles. The average molecular weight is 931 g/mol. The Morgan fingerprint density at radius 1 is 0.394 bits per heavy atom. The highest BCUT2D eigenvalue weighted by atomic mass is 15.1. The molecule has 10 rings (SSSR count). The number of anilines is 3. The van der Waals surface area contributed by atoms with Gasteiger partial charge in [-0.25, -0.2) is 0 Å². The van der Waals surface area contributed by atoms with E-state index in [1.807, 2.05) is 0 Å². The lowest BCUT2D eigenvalue weighted by atomic mass is 9.70. The number of para-hydroxylation sites is 1. The van der Waals surface area contributed by atoms with Crippen LogP contribution >= 0.6 is 0 Å². The van der Waals surface area contributed by atoms with E-state index in [9.17, 15) is 0 Å². The highest BCUT2D eigenvalue weighted by molar-refractivity contribution is 6.10. The average Bonchev–Trinajstić information content (AvgIpc) is 3.87. The fourth-order valence-electron chi connectivity index (χ4n) is 11.9. The van der Waals surface area contributed by atoms with Crippen molar-refractivity contribution in [2.45, 2.75) is 136 Å². The summed E-state index contributed by atoms with van der Waals surface area (Å²) in [7, 11) is 0. The molecule has 0 saturated carbocycles. The van der Waals surface area contributed by atoms with E-state index in [4.69, 9.17) is 0 Å². The van der Waals surface area contributed by atoms with E-state index in [-0.39, 0.29) is 5.41 Å². The minimum atomic E-state index is 0.0625. The van der Waals surface area contributed by atoms with Crippen LogP contribution in [0.15, 0.2) is 176 Å². The van der Waals surface area contributed by atoms with Gasteiger partial charge in [0.15, 0.2) is 0 Å². The van der Waals surface area contributed by atoms with Crippen molar-refractivity contribution in [2.75, 3.05) is 4.90 Å². The number of nitrogens with zero attached hydrogens (tertiary/aromatic N) is 2. The summed E-state index contributed by atoms with van der Waals surface area (Å²) in [4.78, 5) is 2.40. The fraction of sp³-hybridized carbons (Fsp3) is 0.304. The Kier molecular flexibility index (Phi) is 14.7. The van der Waals surface area contributed by atoms with Crippen LogP contribution in [0.1, 0.15) is 138 Å². The Bertz CT molecular complexity index is 3190. The monoisotopic (exact) mass is 931 g/mol. The van der Waals surface area contributed by atoms with E-state index < -0.39 is 0 Å². The highest BCUT2D eigenvalue weighted by Crippen LogP contribution is 2.55. The Labute approximate surface area is 425 Å². The van der Waals surface area contributed by atoms with Crippen LogP contribution in [-0.4, -0.2) is 4.57 Å². The molecule has 0 radical (unpaired) electrons. The predicted molar refractivity (Wildman–Crippen MR) is 307 cm³/mol. The fourth-order valence-corrected chi connectivity index (χ4v) is 11.9. The molecule has 0 bridgehead atoms. The molecule has 2 heteroatoms. The second-order valence-electron chi connectivity index (χ2n) is 20.8. The number of hydrogen-bond acceptors (Lipinski definition) is 1. The normalized spacial score (nSPS) is 12.7. The standard InChI is InChI=1S/C69H74N2/c1-6-9-12-15-20-52-26-36-60(37-27-52)71-67-22-17-16-21-63(67)64-48-55(33-44-68(64)71)53-28-38-58(39-29-53)70(57-34-23-50(4)24-35-57)59-40-30-54(31-41-59)56-32-43-62-61-42-25-51(5)47-65(61)69(66(62)49-56,45-18-13-10-7-2)46-19-14-11-8-3/h16-17,21-44,47-49H,6-15,18-20,45-46H2,1-5H3. The third-order valence-electron chi connectivity index (χ3n) is 15.8. The van der Waals surface area contributed by atoms with Crippen LogP contribution in [-0.2, 0) is 11.8 Å². The Morgan fingerprint density at radius 3 is 1.51 bits per heavy atom. The van der Waals surface area contributed by atoms with E-state index in [1.54, 1.807) is 11.1 Å². The summed E-state index contributed by atoms with van der Waals surface area (Å²) in [6.07, 6.45) is 19.1. The quantitative estimate of drug-likeness (QED) is 0.0652. The molecule has 0 N–H and O–H groups in total. The third kappa shape index (κ3) is 9.88. The maximum absolute atomic E-state index is 2.58. The van der Waals surface area contributed by atoms with Gasteiger partial charge in [0.25, 0.3) is 0 Å². The van der Waals surface area contributed by atoms with E-state index in [1.165, 1.54) is 167 Å². The molecule has 9 aromatic rings. The van der Waals surface area contributed by atoms with Gasteiger partial charge in [0, 0.05) is 38.9 Å². The number of aryl methyl sites for hydroxylation is 3. The number of unbranched alkanes of at least 4 members (excludes halogenated alkanes) is 9. The lowest BCUT2D eigenvalue weighted by Crippen LogP contribution is -2.25. The van der Waals surface area contributed by atoms with Crippen LogP contribution in [0, 0.1) is 13.8 Å². The van der Waals surface area contributed by atoms with E-state index in [2.05, 4.69) is 220 Å². The van der Waals surface area contributed by atoms with Crippen molar-refractivity contribution in [2.24, 2.45) is 0 Å². The minimum Gasteiger partial charge on any atom is -0.311 e. The van der Waals surface area contributed by atoms with Crippen LogP contribution in [0.5, 0.6) is 0 Å². The molecule has 71 heavy (non-hydrogen) atoms. The summed E-state index contributed by atoms with van der Waals surface area (Å²) in [6, 6.07) is 67.3. The number of aromatic nitrogens is 1. The van der Waals surface area contributed by atoms with Crippen LogP contribution in [0.4, 0.5) is 17.1 Å². The predicted octanol–water partition coefficient (Wildman–Crippen LogP) is 20.5. The van der Waals surface area contributed by atoms with Gasteiger partial charge >= 0.3 is 0 Å². The largest absolute Gasteiger partial charge is 0.311 e. The molecule has 0 fully saturated rings. The summed E-state index contributed by atoms with van der Waals surface area (Å²) in [5.74, 6) is 0. The lowest BCUT2D eigenvalue weighted by Gasteiger charge is -2.33. The maximum atomic E-state index is 2.58. The van der Waals surface area contributed by atoms with Gasteiger partial charge in [0.1, 0.15) is 0 Å². The van der Waals surface area contributed by atoms with Crippen molar-refractivity contribution < 1.29 is 0 Å². The van der Waals surface area contributed by atoms with Crippen molar-refractivity contribution in [1.82, 2.24) is 4.57 Å². The third-order valence-corrected chi connectivity index (χ3v) is 15.8. The van der Waals surface area contributed by atoms with Crippen molar-refractivity contribution in [3.63, 3.8) is 0 Å². The van der Waals surface area contributed by atoms with Crippen LogP contribution in [0.25, 0.3) is 60.9 Å². The van der Waals surface area contributed by atoms with Crippen LogP contribution < -0.4 is 4.90 Å². The van der Waals surface area contributed by atoms with Gasteiger partial charge in [-0.3, -0.25) is 0 Å². The Balaban J connectivity index is 0.955. The first kappa shape index (κ1) is 48.0. The van der Waals surface area contributed by atoms with Gasteiger partial charge in [-0.2, -0.15) is 0 Å². The summed E-state index contributed by atoms with van der Waals surface area (Å²) in [5, 5.41) is 2.56. The molecular formula is C69H74N2. The molecule has 2 nitrogen and oxygen atoms in total. The van der Waals surface area contributed by atoms with Gasteiger partial charge in [0.05, 0.1) is 11.0 Å². The minimum absolute atomic E-state index is 0.0625. The first-order valence-corrected chi connectivity index (χ1v) is 27.4. The molecule has 1 aromatic heterocycles. The van der Waals surface area contributed by atoms with Gasteiger partial charge in [-0.15, -0.1) is 0 Å². The van der Waals surface area contributed by atoms with Gasteiger partial charge in [0.2, 0.25) is 0 Å². The van der Waals surface area contributed by atoms with Crippen LogP contribution in [0.2, 0.25) is 0 Å². The smallest absolute Gasteiger partial charge is 0.0541 e. The number of rotatable bonds is 21. The zero-order valence-corrected chi connectivity index (χ0v) is 43.2. The molecule has 0 amide bonds. The summed E-state index contributed by atoms with van der Waals surface area (Å²) >= 11 is 0. The van der Waals surface area contributed by atoms with Gasteiger partial charge in [-0.1, -0.05) is 206 Å². The highest BCUT2D eigenvalue weighted by Gasteiger charge is 2.42. The van der Waals surface area contributed by atoms with Gasteiger partial charge < -0.3 is 9.47 Å². The zero-order valence-electron chi connectivity index (χ0n) is 43.2. The van der Waals surface area contributed by atoms with Crippen molar-refractivity contribution in [3.8, 4) is 39.1 Å². The van der Waals surface area contributed by atoms with E-state index in [0.717, 1.165) is 23.5 Å². The summed E-state index contributed by atoms with van der Waals surface area (Å²) in [5.41, 5.74) is 22.3. The van der Waals surface area contributed by atoms with E-state index >= 15 is 0 Å². The molecule has 8 aromatic carbocycles. The molecule has 0 atom stereocenters. The molecule has 0 unspecified atom stereocenters. The number of benzene rings is 8. The molecule has 360 valence electrons. The lowest BCUT2D eigenvalue weighted by molar-refractivity contribution is 0.401. The maximum Gasteiger partial charge on any atom is 0.0541 e. The van der Waals surface area contributed by atoms with Crippen LogP contribution in [0.3, 0.4) is 0 Å². The SMILES string of the molecule is CCCCCCc1ccc(-n2c3ccccc3c3cc(-c4ccc(N(c5ccc(C)cc5)c5ccc(-c6ccc7c(c6)C(CCCCCC)(CCCCCC)c6cc(C)ccc6-7)cc5)cc4)ccc32)cc1. The Hall–Kier alpha value is -6.64. The molecule has 1 aliphatic carbocycles. The Morgan fingerprint density at radius 2 is 0.887 bits per heavy atom. The van der Waals surface area contributed by atoms with E-state index in [0.29, 0.717) is 0 Å².